The topological polar surface area (TPSA) is 73.9 Å². The summed E-state index contributed by atoms with van der Waals surface area (Å²) < 4.78 is 15.3. The molecule has 0 aliphatic rings. The van der Waals surface area contributed by atoms with Gasteiger partial charge in [0.15, 0.2) is 6.10 Å². The van der Waals surface area contributed by atoms with Crippen molar-refractivity contribution in [1.82, 2.24) is 5.32 Å². The molecule has 6 nitrogen and oxygen atoms in total. The van der Waals surface area contributed by atoms with Crippen LogP contribution in [0.25, 0.3) is 0 Å². The van der Waals surface area contributed by atoms with Crippen LogP contribution in [0.4, 0.5) is 0 Å². The number of carbonyl (C=O) groups excluding carboxylic acids is 2. The van der Waals surface area contributed by atoms with Crippen molar-refractivity contribution >= 4 is 23.5 Å². The molecule has 2 rings (SSSR count). The lowest BCUT2D eigenvalue weighted by molar-refractivity contribution is -0.146. The molecule has 1 N–H and O–H groups in total. The summed E-state index contributed by atoms with van der Waals surface area (Å²) in [6.07, 6.45) is -0.620. The van der Waals surface area contributed by atoms with Crippen LogP contribution < -0.4 is 10.1 Å². The molecule has 0 saturated carbocycles. The van der Waals surface area contributed by atoms with Gasteiger partial charge in [-0.15, -0.1) is 0 Å². The first-order chi connectivity index (χ1) is 13.0. The van der Waals surface area contributed by atoms with E-state index in [0.29, 0.717) is 16.3 Å². The van der Waals surface area contributed by atoms with Crippen molar-refractivity contribution in [3.05, 3.63) is 64.7 Å². The number of nitrogens with one attached hydrogen (secondary N) is 1. The fourth-order valence-electron chi connectivity index (χ4n) is 2.68. The van der Waals surface area contributed by atoms with Gasteiger partial charge in [-0.1, -0.05) is 48.0 Å². The minimum atomic E-state index is -0.881. The van der Waals surface area contributed by atoms with E-state index in [1.807, 2.05) is 18.2 Å². The second kappa shape index (κ2) is 9.94. The van der Waals surface area contributed by atoms with Crippen LogP contribution in [-0.4, -0.2) is 39.2 Å². The van der Waals surface area contributed by atoms with Crippen LogP contribution in [-0.2, 0) is 25.5 Å². The van der Waals surface area contributed by atoms with Crippen molar-refractivity contribution in [2.45, 2.75) is 18.6 Å². The number of rotatable bonds is 8. The zero-order valence-electron chi connectivity index (χ0n) is 15.4. The standard InChI is InChI=1S/C20H22ClNO5/c1-25-17-10-9-13(11-15(17)21)12-16(20(24)27-3)22-19(23)18(26-2)14-7-5-4-6-8-14/h4-11,16,18H,12H2,1-3H3,(H,22,23)/t16-,18-/m1/s1. The average molecular weight is 392 g/mol. The molecular formula is C20H22ClNO5. The van der Waals surface area contributed by atoms with E-state index in [9.17, 15) is 9.59 Å². The van der Waals surface area contributed by atoms with Crippen molar-refractivity contribution < 1.29 is 23.8 Å². The van der Waals surface area contributed by atoms with E-state index < -0.39 is 24.0 Å². The fourth-order valence-corrected chi connectivity index (χ4v) is 2.96. The molecule has 1 amide bonds. The molecule has 7 heteroatoms. The summed E-state index contributed by atoms with van der Waals surface area (Å²) in [4.78, 5) is 24.8. The molecule has 0 aliphatic carbocycles. The molecule has 0 saturated heterocycles. The molecule has 2 aromatic rings. The van der Waals surface area contributed by atoms with E-state index in [1.165, 1.54) is 21.3 Å². The van der Waals surface area contributed by atoms with Crippen LogP contribution in [0, 0.1) is 0 Å². The van der Waals surface area contributed by atoms with E-state index >= 15 is 0 Å². The van der Waals surface area contributed by atoms with E-state index in [2.05, 4.69) is 5.32 Å². The lowest BCUT2D eigenvalue weighted by atomic mass is 10.0. The molecule has 0 aromatic heterocycles. The molecule has 0 aliphatic heterocycles. The first kappa shape index (κ1) is 20.7. The Balaban J connectivity index is 2.17. The Hall–Kier alpha value is -2.57. The highest BCUT2D eigenvalue weighted by molar-refractivity contribution is 6.32. The number of amides is 1. The van der Waals surface area contributed by atoms with Crippen molar-refractivity contribution in [2.75, 3.05) is 21.3 Å². The maximum Gasteiger partial charge on any atom is 0.328 e. The van der Waals surface area contributed by atoms with Crippen LogP contribution >= 0.6 is 11.6 Å². The molecule has 0 heterocycles. The third kappa shape index (κ3) is 5.45. The minimum absolute atomic E-state index is 0.216. The molecule has 0 spiro atoms. The Morgan fingerprint density at radius 1 is 1.07 bits per heavy atom. The molecule has 0 fully saturated rings. The molecule has 2 aromatic carbocycles. The first-order valence-corrected chi connectivity index (χ1v) is 8.66. The van der Waals surface area contributed by atoms with Crippen LogP contribution in [0.2, 0.25) is 5.02 Å². The Kier molecular flexibility index (Phi) is 7.64. The summed E-state index contributed by atoms with van der Waals surface area (Å²) in [5.74, 6) is -0.459. The van der Waals surface area contributed by atoms with E-state index in [0.717, 1.165) is 5.56 Å². The Bertz CT molecular complexity index is 781. The Morgan fingerprint density at radius 3 is 2.33 bits per heavy atom. The monoisotopic (exact) mass is 391 g/mol. The zero-order chi connectivity index (χ0) is 19.8. The summed E-state index contributed by atoms with van der Waals surface area (Å²) in [5.41, 5.74) is 1.44. The Labute approximate surface area is 163 Å². The highest BCUT2D eigenvalue weighted by Crippen LogP contribution is 2.25. The lowest BCUT2D eigenvalue weighted by Gasteiger charge is -2.21. The van der Waals surface area contributed by atoms with Gasteiger partial charge in [-0.2, -0.15) is 0 Å². The molecule has 0 bridgehead atoms. The number of hydrogen-bond acceptors (Lipinski definition) is 5. The SMILES string of the molecule is COC(=O)[C@@H](Cc1ccc(OC)c(Cl)c1)NC(=O)[C@H](OC)c1ccccc1. The average Bonchev–Trinajstić information content (AvgIpc) is 2.68. The van der Waals surface area contributed by atoms with Crippen LogP contribution in [0.15, 0.2) is 48.5 Å². The number of methoxy groups -OCH3 is 3. The highest BCUT2D eigenvalue weighted by atomic mass is 35.5. The largest absolute Gasteiger partial charge is 0.495 e. The molecule has 0 unspecified atom stereocenters. The zero-order valence-corrected chi connectivity index (χ0v) is 16.2. The van der Waals surface area contributed by atoms with Gasteiger partial charge in [-0.05, 0) is 23.3 Å². The van der Waals surface area contributed by atoms with Crippen molar-refractivity contribution in [1.29, 1.82) is 0 Å². The van der Waals surface area contributed by atoms with Crippen LogP contribution in [0.1, 0.15) is 17.2 Å². The fraction of sp³-hybridized carbons (Fsp3) is 0.300. The predicted octanol–water partition coefficient (Wildman–Crippen LogP) is 2.94. The smallest absolute Gasteiger partial charge is 0.328 e. The van der Waals surface area contributed by atoms with E-state index in [-0.39, 0.29) is 6.42 Å². The normalized spacial score (nSPS) is 12.7. The Morgan fingerprint density at radius 2 is 1.78 bits per heavy atom. The molecule has 27 heavy (non-hydrogen) atoms. The maximum absolute atomic E-state index is 12.7. The summed E-state index contributed by atoms with van der Waals surface area (Å²) in [7, 11) is 4.23. The second-order valence-electron chi connectivity index (χ2n) is 5.78. The van der Waals surface area contributed by atoms with E-state index in [1.54, 1.807) is 30.3 Å². The summed E-state index contributed by atoms with van der Waals surface area (Å²) in [5, 5.41) is 3.12. The van der Waals surface area contributed by atoms with Gasteiger partial charge >= 0.3 is 5.97 Å². The maximum atomic E-state index is 12.7. The molecular weight excluding hydrogens is 370 g/mol. The van der Waals surface area contributed by atoms with Gasteiger partial charge in [0, 0.05) is 13.5 Å². The second-order valence-corrected chi connectivity index (χ2v) is 6.19. The van der Waals surface area contributed by atoms with Crippen LogP contribution in [0.5, 0.6) is 5.75 Å². The van der Waals surface area contributed by atoms with Crippen molar-refractivity contribution in [3.8, 4) is 5.75 Å². The van der Waals surface area contributed by atoms with Crippen molar-refractivity contribution in [2.24, 2.45) is 0 Å². The third-order valence-electron chi connectivity index (χ3n) is 4.03. The number of hydrogen-bond donors (Lipinski definition) is 1. The van der Waals surface area contributed by atoms with Gasteiger partial charge in [0.25, 0.3) is 5.91 Å². The molecule has 0 radical (unpaired) electrons. The van der Waals surface area contributed by atoms with Gasteiger partial charge in [-0.3, -0.25) is 4.79 Å². The molecule has 2 atom stereocenters. The minimum Gasteiger partial charge on any atom is -0.495 e. The lowest BCUT2D eigenvalue weighted by Crippen LogP contribution is -2.45. The summed E-state index contributed by atoms with van der Waals surface area (Å²) in [6.45, 7) is 0. The van der Waals surface area contributed by atoms with Gasteiger partial charge in [0.2, 0.25) is 0 Å². The summed E-state index contributed by atoms with van der Waals surface area (Å²) >= 11 is 6.14. The third-order valence-corrected chi connectivity index (χ3v) is 4.33. The highest BCUT2D eigenvalue weighted by Gasteiger charge is 2.27. The van der Waals surface area contributed by atoms with Gasteiger partial charge in [-0.25, -0.2) is 4.79 Å². The molecule has 144 valence electrons. The predicted molar refractivity (Wildman–Crippen MR) is 102 cm³/mol. The summed E-state index contributed by atoms with van der Waals surface area (Å²) in [6, 6.07) is 13.3. The number of halogens is 1. The van der Waals surface area contributed by atoms with Crippen LogP contribution in [0.3, 0.4) is 0 Å². The first-order valence-electron chi connectivity index (χ1n) is 8.28. The van der Waals surface area contributed by atoms with Crippen molar-refractivity contribution in [3.63, 3.8) is 0 Å². The number of benzene rings is 2. The quantitative estimate of drug-likeness (QED) is 0.700. The van der Waals surface area contributed by atoms with E-state index in [4.69, 9.17) is 25.8 Å². The number of carbonyl (C=O) groups is 2. The number of esters is 1. The van der Waals surface area contributed by atoms with Gasteiger partial charge < -0.3 is 19.5 Å². The van der Waals surface area contributed by atoms with Gasteiger partial charge in [0.1, 0.15) is 11.8 Å². The number of ether oxygens (including phenoxy) is 3. The van der Waals surface area contributed by atoms with Gasteiger partial charge in [0.05, 0.1) is 19.2 Å².